The molecule has 0 aliphatic carbocycles. The van der Waals surface area contributed by atoms with Gasteiger partial charge in [-0.2, -0.15) is 0 Å². The third-order valence-corrected chi connectivity index (χ3v) is 6.46. The molecule has 1 N–H and O–H groups in total. The van der Waals surface area contributed by atoms with Gasteiger partial charge in [0.25, 0.3) is 5.91 Å². The minimum atomic E-state index is -0.282. The smallest absolute Gasteiger partial charge is 0.258 e. The van der Waals surface area contributed by atoms with Crippen molar-refractivity contribution in [3.8, 4) is 11.3 Å². The summed E-state index contributed by atoms with van der Waals surface area (Å²) in [5.41, 5.74) is 3.22. The van der Waals surface area contributed by atoms with Gasteiger partial charge in [0, 0.05) is 21.0 Å². The lowest BCUT2D eigenvalue weighted by Crippen LogP contribution is -2.13. The van der Waals surface area contributed by atoms with Crippen molar-refractivity contribution in [3.63, 3.8) is 0 Å². The average molecular weight is 485 g/mol. The standard InChI is InChI=1S/C23H12Cl3N3OS/c24-12-5-7-15(17(26)9-12)20-11-16(14-3-1-2-4-18(14)27-20)22(30)29-23-28-19-8-6-13(25)10-21(19)31-23/h1-11H,(H,28,29,30). The van der Waals surface area contributed by atoms with Gasteiger partial charge in [0.1, 0.15) is 0 Å². The van der Waals surface area contributed by atoms with E-state index in [1.165, 1.54) is 11.3 Å². The zero-order chi connectivity index (χ0) is 21.5. The average Bonchev–Trinajstić information content (AvgIpc) is 3.14. The van der Waals surface area contributed by atoms with Crippen LogP contribution in [0.2, 0.25) is 15.1 Å². The summed E-state index contributed by atoms with van der Waals surface area (Å²) in [5.74, 6) is -0.282. The van der Waals surface area contributed by atoms with Crippen LogP contribution in [0.5, 0.6) is 0 Å². The number of hydrogen-bond acceptors (Lipinski definition) is 4. The van der Waals surface area contributed by atoms with Crippen molar-refractivity contribution in [1.29, 1.82) is 0 Å². The van der Waals surface area contributed by atoms with Gasteiger partial charge in [-0.05, 0) is 48.5 Å². The minimum absolute atomic E-state index is 0.282. The van der Waals surface area contributed by atoms with E-state index in [1.807, 2.05) is 36.4 Å². The molecule has 5 aromatic rings. The first kappa shape index (κ1) is 20.2. The molecule has 5 rings (SSSR count). The lowest BCUT2D eigenvalue weighted by atomic mass is 10.0. The van der Waals surface area contributed by atoms with Crippen LogP contribution in [0.3, 0.4) is 0 Å². The second-order valence-electron chi connectivity index (χ2n) is 6.78. The largest absolute Gasteiger partial charge is 0.298 e. The van der Waals surface area contributed by atoms with Crippen molar-refractivity contribution >= 4 is 78.3 Å². The quantitative estimate of drug-likeness (QED) is 0.285. The number of hydrogen-bond donors (Lipinski definition) is 1. The van der Waals surface area contributed by atoms with Crippen LogP contribution in [0.15, 0.2) is 66.7 Å². The first-order valence-corrected chi connectivity index (χ1v) is 11.2. The molecule has 0 atom stereocenters. The Kier molecular flexibility index (Phi) is 5.28. The van der Waals surface area contributed by atoms with Gasteiger partial charge in [-0.3, -0.25) is 10.1 Å². The summed E-state index contributed by atoms with van der Waals surface area (Å²) in [6, 6.07) is 19.8. The molecule has 1 amide bonds. The van der Waals surface area contributed by atoms with E-state index in [9.17, 15) is 4.79 Å². The highest BCUT2D eigenvalue weighted by molar-refractivity contribution is 7.22. The van der Waals surface area contributed by atoms with Crippen molar-refractivity contribution in [2.45, 2.75) is 0 Å². The maximum atomic E-state index is 13.2. The van der Waals surface area contributed by atoms with Crippen LogP contribution < -0.4 is 5.32 Å². The molecule has 0 spiro atoms. The highest BCUT2D eigenvalue weighted by Crippen LogP contribution is 2.33. The summed E-state index contributed by atoms with van der Waals surface area (Å²) in [7, 11) is 0. The van der Waals surface area contributed by atoms with E-state index in [2.05, 4.69) is 10.3 Å². The lowest BCUT2D eigenvalue weighted by molar-refractivity contribution is 0.102. The Morgan fingerprint density at radius 3 is 2.45 bits per heavy atom. The maximum absolute atomic E-state index is 13.2. The van der Waals surface area contributed by atoms with Gasteiger partial charge < -0.3 is 0 Å². The van der Waals surface area contributed by atoms with Gasteiger partial charge in [0.05, 0.1) is 32.0 Å². The topological polar surface area (TPSA) is 54.9 Å². The second-order valence-corrected chi connectivity index (χ2v) is 9.09. The van der Waals surface area contributed by atoms with E-state index in [-0.39, 0.29) is 5.91 Å². The Morgan fingerprint density at radius 2 is 1.61 bits per heavy atom. The van der Waals surface area contributed by atoms with Gasteiger partial charge in [-0.1, -0.05) is 64.3 Å². The van der Waals surface area contributed by atoms with E-state index < -0.39 is 0 Å². The van der Waals surface area contributed by atoms with Gasteiger partial charge in [0.15, 0.2) is 5.13 Å². The maximum Gasteiger partial charge on any atom is 0.258 e. The number of nitrogens with zero attached hydrogens (tertiary/aromatic N) is 2. The molecular weight excluding hydrogens is 473 g/mol. The molecule has 8 heteroatoms. The Balaban J connectivity index is 1.59. The number of aromatic nitrogens is 2. The molecule has 4 nitrogen and oxygen atoms in total. The predicted molar refractivity (Wildman–Crippen MR) is 130 cm³/mol. The number of para-hydroxylation sites is 1. The molecule has 2 aromatic heterocycles. The van der Waals surface area contributed by atoms with E-state index >= 15 is 0 Å². The van der Waals surface area contributed by atoms with Crippen LogP contribution in [0.4, 0.5) is 5.13 Å². The van der Waals surface area contributed by atoms with Crippen molar-refractivity contribution in [2.75, 3.05) is 5.32 Å². The zero-order valence-electron chi connectivity index (χ0n) is 15.7. The summed E-state index contributed by atoms with van der Waals surface area (Å²) in [6.07, 6.45) is 0. The predicted octanol–water partition coefficient (Wildman–Crippen LogP) is 7.72. The third-order valence-electron chi connectivity index (χ3n) is 4.74. The SMILES string of the molecule is O=C(Nc1nc2ccc(Cl)cc2s1)c1cc(-c2ccc(Cl)cc2Cl)nc2ccccc12. The van der Waals surface area contributed by atoms with Crippen LogP contribution in [0, 0.1) is 0 Å². The first-order valence-electron chi connectivity index (χ1n) is 9.20. The van der Waals surface area contributed by atoms with Crippen molar-refractivity contribution in [3.05, 3.63) is 87.4 Å². The van der Waals surface area contributed by atoms with Crippen molar-refractivity contribution in [2.24, 2.45) is 0 Å². The molecule has 31 heavy (non-hydrogen) atoms. The molecule has 0 bridgehead atoms. The molecule has 0 radical (unpaired) electrons. The molecule has 0 saturated carbocycles. The Bertz CT molecular complexity index is 1480. The zero-order valence-corrected chi connectivity index (χ0v) is 18.8. The summed E-state index contributed by atoms with van der Waals surface area (Å²) >= 11 is 19.8. The molecule has 0 aliphatic heterocycles. The van der Waals surface area contributed by atoms with E-state index in [0.29, 0.717) is 42.5 Å². The van der Waals surface area contributed by atoms with Gasteiger partial charge in [-0.15, -0.1) is 0 Å². The summed E-state index contributed by atoms with van der Waals surface area (Å²) in [6.45, 7) is 0. The molecule has 3 aromatic carbocycles. The first-order chi connectivity index (χ1) is 15.0. The van der Waals surface area contributed by atoms with Gasteiger partial charge in [-0.25, -0.2) is 9.97 Å². The number of anilines is 1. The van der Waals surface area contributed by atoms with Gasteiger partial charge in [0.2, 0.25) is 0 Å². The number of thiazole rings is 1. The van der Waals surface area contributed by atoms with Gasteiger partial charge >= 0.3 is 0 Å². The van der Waals surface area contributed by atoms with E-state index in [0.717, 1.165) is 15.6 Å². The Morgan fingerprint density at radius 1 is 0.839 bits per heavy atom. The molecule has 0 saturated heterocycles. The molecule has 0 aliphatic rings. The Labute approximate surface area is 196 Å². The monoisotopic (exact) mass is 483 g/mol. The number of fused-ring (bicyclic) bond motifs is 2. The van der Waals surface area contributed by atoms with Crippen LogP contribution in [0.25, 0.3) is 32.4 Å². The second kappa shape index (κ2) is 8.09. The highest BCUT2D eigenvalue weighted by Gasteiger charge is 2.17. The minimum Gasteiger partial charge on any atom is -0.298 e. The number of rotatable bonds is 3. The fourth-order valence-electron chi connectivity index (χ4n) is 3.31. The lowest BCUT2D eigenvalue weighted by Gasteiger charge is -2.11. The number of amides is 1. The fraction of sp³-hybridized carbons (Fsp3) is 0. The molecular formula is C23H12Cl3N3OS. The van der Waals surface area contributed by atoms with Crippen molar-refractivity contribution < 1.29 is 4.79 Å². The Hall–Kier alpha value is -2.70. The van der Waals surface area contributed by atoms with E-state index in [4.69, 9.17) is 39.8 Å². The van der Waals surface area contributed by atoms with Crippen LogP contribution >= 0.6 is 46.1 Å². The number of carbonyl (C=O) groups is 1. The normalized spacial score (nSPS) is 11.2. The molecule has 2 heterocycles. The number of nitrogens with one attached hydrogen (secondary N) is 1. The summed E-state index contributed by atoms with van der Waals surface area (Å²) < 4.78 is 0.899. The highest BCUT2D eigenvalue weighted by atomic mass is 35.5. The third kappa shape index (κ3) is 3.98. The van der Waals surface area contributed by atoms with Crippen LogP contribution in [0.1, 0.15) is 10.4 Å². The fourth-order valence-corrected chi connectivity index (χ4v) is 4.96. The number of pyridine rings is 1. The number of carbonyl (C=O) groups excluding carboxylic acids is 1. The summed E-state index contributed by atoms with van der Waals surface area (Å²) in [5, 5.41) is 5.75. The number of halogens is 3. The van der Waals surface area contributed by atoms with E-state index in [1.54, 1.807) is 30.3 Å². The van der Waals surface area contributed by atoms with Crippen LogP contribution in [-0.4, -0.2) is 15.9 Å². The molecule has 0 fully saturated rings. The molecule has 152 valence electrons. The van der Waals surface area contributed by atoms with Crippen LogP contribution in [-0.2, 0) is 0 Å². The number of benzene rings is 3. The molecule has 0 unspecified atom stereocenters. The van der Waals surface area contributed by atoms with Crippen molar-refractivity contribution in [1.82, 2.24) is 9.97 Å². The summed E-state index contributed by atoms with van der Waals surface area (Å²) in [4.78, 5) is 22.4.